The van der Waals surface area contributed by atoms with Crippen LogP contribution in [0.4, 0.5) is 5.69 Å². The van der Waals surface area contributed by atoms with E-state index in [-0.39, 0.29) is 23.4 Å². The highest BCUT2D eigenvalue weighted by Gasteiger charge is 2.15. The van der Waals surface area contributed by atoms with Gasteiger partial charge in [0.1, 0.15) is 5.75 Å². The van der Waals surface area contributed by atoms with Crippen LogP contribution in [0.5, 0.6) is 5.75 Å². The van der Waals surface area contributed by atoms with Crippen molar-refractivity contribution in [3.05, 3.63) is 33.9 Å². The second-order valence-electron chi connectivity index (χ2n) is 2.97. The van der Waals surface area contributed by atoms with E-state index in [0.717, 1.165) is 0 Å². The van der Waals surface area contributed by atoms with Crippen molar-refractivity contribution in [2.75, 3.05) is 0 Å². The van der Waals surface area contributed by atoms with Gasteiger partial charge in [-0.25, -0.2) is 0 Å². The molecule has 0 aliphatic carbocycles. The van der Waals surface area contributed by atoms with Crippen LogP contribution in [0.25, 0.3) is 0 Å². The molecule has 0 aliphatic rings. The van der Waals surface area contributed by atoms with Crippen LogP contribution in [0.2, 0.25) is 0 Å². The SMILES string of the molecule is N#CC[C@@H](N)c1cc([N+](=O)[O-])ccc1O. The van der Waals surface area contributed by atoms with E-state index in [1.165, 1.54) is 18.2 Å². The van der Waals surface area contributed by atoms with Gasteiger partial charge in [-0.3, -0.25) is 10.1 Å². The summed E-state index contributed by atoms with van der Waals surface area (Å²) >= 11 is 0. The van der Waals surface area contributed by atoms with Gasteiger partial charge in [-0.2, -0.15) is 5.26 Å². The van der Waals surface area contributed by atoms with Gasteiger partial charge in [-0.15, -0.1) is 0 Å². The number of nitrogens with two attached hydrogens (primary N) is 1. The highest BCUT2D eigenvalue weighted by atomic mass is 16.6. The van der Waals surface area contributed by atoms with Gasteiger partial charge in [-0.05, 0) is 6.07 Å². The molecule has 6 nitrogen and oxygen atoms in total. The Labute approximate surface area is 85.7 Å². The Bertz CT molecular complexity index is 425. The van der Waals surface area contributed by atoms with Gasteiger partial charge in [-0.1, -0.05) is 0 Å². The van der Waals surface area contributed by atoms with Crippen molar-refractivity contribution in [1.82, 2.24) is 0 Å². The van der Waals surface area contributed by atoms with E-state index in [1.54, 1.807) is 0 Å². The lowest BCUT2D eigenvalue weighted by Crippen LogP contribution is -2.09. The number of non-ortho nitro benzene ring substituents is 1. The highest BCUT2D eigenvalue weighted by molar-refractivity contribution is 5.44. The summed E-state index contributed by atoms with van der Waals surface area (Å²) in [6.07, 6.45) is -0.00523. The molecule has 1 atom stereocenters. The Kier molecular flexibility index (Phi) is 3.21. The summed E-state index contributed by atoms with van der Waals surface area (Å²) in [4.78, 5) is 9.88. The summed E-state index contributed by atoms with van der Waals surface area (Å²) in [7, 11) is 0. The van der Waals surface area contributed by atoms with Crippen LogP contribution in [0.15, 0.2) is 18.2 Å². The molecule has 0 heterocycles. The number of hydrogen-bond acceptors (Lipinski definition) is 5. The minimum Gasteiger partial charge on any atom is -0.508 e. The van der Waals surface area contributed by atoms with E-state index >= 15 is 0 Å². The third-order valence-corrected chi connectivity index (χ3v) is 1.93. The first-order valence-electron chi connectivity index (χ1n) is 4.16. The number of hydrogen-bond donors (Lipinski definition) is 2. The number of nitrogens with zero attached hydrogens (tertiary/aromatic N) is 2. The third kappa shape index (κ3) is 2.42. The van der Waals surface area contributed by atoms with Gasteiger partial charge < -0.3 is 10.8 Å². The quantitative estimate of drug-likeness (QED) is 0.571. The largest absolute Gasteiger partial charge is 0.508 e. The highest BCUT2D eigenvalue weighted by Crippen LogP contribution is 2.28. The van der Waals surface area contributed by atoms with Crippen LogP contribution < -0.4 is 5.73 Å². The Hall–Kier alpha value is -2.13. The second kappa shape index (κ2) is 4.39. The first kappa shape index (κ1) is 10.9. The summed E-state index contributed by atoms with van der Waals surface area (Å²) < 4.78 is 0. The second-order valence-corrected chi connectivity index (χ2v) is 2.97. The predicted octanol–water partition coefficient (Wildman–Crippen LogP) is 1.21. The maximum atomic E-state index is 10.5. The number of rotatable bonds is 3. The normalized spacial score (nSPS) is 11.7. The standard InChI is InChI=1S/C9H9N3O3/c10-4-3-8(11)7-5-6(12(14)15)1-2-9(7)13/h1-2,5,8,13H,3,11H2/t8-/m1/s1. The molecular weight excluding hydrogens is 198 g/mol. The zero-order valence-corrected chi connectivity index (χ0v) is 7.75. The van der Waals surface area contributed by atoms with Gasteiger partial charge in [0.25, 0.3) is 5.69 Å². The molecule has 0 bridgehead atoms. The fourth-order valence-electron chi connectivity index (χ4n) is 1.16. The fourth-order valence-corrected chi connectivity index (χ4v) is 1.16. The summed E-state index contributed by atoms with van der Waals surface area (Å²) in [5.41, 5.74) is 5.63. The molecule has 1 aromatic carbocycles. The van der Waals surface area contributed by atoms with Crippen molar-refractivity contribution in [2.45, 2.75) is 12.5 Å². The number of nitro benzene ring substituents is 1. The van der Waals surface area contributed by atoms with E-state index in [4.69, 9.17) is 11.0 Å². The zero-order valence-electron chi connectivity index (χ0n) is 7.75. The first-order valence-corrected chi connectivity index (χ1v) is 4.16. The van der Waals surface area contributed by atoms with Crippen LogP contribution in [0.3, 0.4) is 0 Å². The predicted molar refractivity (Wildman–Crippen MR) is 51.9 cm³/mol. The Morgan fingerprint density at radius 3 is 2.87 bits per heavy atom. The molecule has 0 unspecified atom stereocenters. The lowest BCUT2D eigenvalue weighted by molar-refractivity contribution is -0.385. The van der Waals surface area contributed by atoms with Crippen molar-refractivity contribution in [1.29, 1.82) is 5.26 Å². The van der Waals surface area contributed by atoms with Crippen LogP contribution in [-0.4, -0.2) is 10.0 Å². The van der Waals surface area contributed by atoms with Crippen molar-refractivity contribution >= 4 is 5.69 Å². The third-order valence-electron chi connectivity index (χ3n) is 1.93. The van der Waals surface area contributed by atoms with Gasteiger partial charge in [0.15, 0.2) is 0 Å². The zero-order chi connectivity index (χ0) is 11.4. The lowest BCUT2D eigenvalue weighted by Gasteiger charge is -2.09. The Morgan fingerprint density at radius 1 is 1.67 bits per heavy atom. The van der Waals surface area contributed by atoms with Crippen LogP contribution in [-0.2, 0) is 0 Å². The molecule has 0 spiro atoms. The summed E-state index contributed by atoms with van der Waals surface area (Å²) in [5.74, 6) is -0.136. The van der Waals surface area contributed by atoms with Crippen LogP contribution >= 0.6 is 0 Å². The van der Waals surface area contributed by atoms with E-state index in [1.807, 2.05) is 6.07 Å². The number of phenolic OH excluding ortho intramolecular Hbond substituents is 1. The monoisotopic (exact) mass is 207 g/mol. The molecule has 15 heavy (non-hydrogen) atoms. The van der Waals surface area contributed by atoms with Gasteiger partial charge in [0.05, 0.1) is 17.4 Å². The van der Waals surface area contributed by atoms with Gasteiger partial charge >= 0.3 is 0 Å². The number of phenols is 1. The molecule has 0 aromatic heterocycles. The molecule has 6 heteroatoms. The van der Waals surface area contributed by atoms with E-state index in [2.05, 4.69) is 0 Å². The molecule has 0 amide bonds. The fraction of sp³-hybridized carbons (Fsp3) is 0.222. The molecule has 1 aromatic rings. The Morgan fingerprint density at radius 2 is 2.33 bits per heavy atom. The maximum absolute atomic E-state index is 10.5. The molecule has 0 fully saturated rings. The Balaban J connectivity index is 3.11. The number of aromatic hydroxyl groups is 1. The average Bonchev–Trinajstić information content (AvgIpc) is 2.18. The number of nitro groups is 1. The summed E-state index contributed by atoms with van der Waals surface area (Å²) in [5, 5.41) is 28.3. The van der Waals surface area contributed by atoms with Crippen LogP contribution in [0.1, 0.15) is 18.0 Å². The molecule has 0 aliphatic heterocycles. The molecule has 0 saturated heterocycles. The summed E-state index contributed by atoms with van der Waals surface area (Å²) in [6, 6.07) is 4.68. The van der Waals surface area contributed by atoms with Crippen molar-refractivity contribution in [3.8, 4) is 11.8 Å². The molecule has 0 saturated carbocycles. The van der Waals surface area contributed by atoms with Gasteiger partial charge in [0, 0.05) is 23.7 Å². The topological polar surface area (TPSA) is 113 Å². The van der Waals surface area contributed by atoms with Crippen molar-refractivity contribution < 1.29 is 10.0 Å². The van der Waals surface area contributed by atoms with Crippen molar-refractivity contribution in [2.24, 2.45) is 5.73 Å². The van der Waals surface area contributed by atoms with Crippen LogP contribution in [0, 0.1) is 21.4 Å². The molecule has 78 valence electrons. The minimum absolute atomic E-state index is 0.00523. The molecule has 3 N–H and O–H groups in total. The van der Waals surface area contributed by atoms with Crippen molar-refractivity contribution in [3.63, 3.8) is 0 Å². The molecular formula is C9H9N3O3. The minimum atomic E-state index is -0.713. The maximum Gasteiger partial charge on any atom is 0.270 e. The van der Waals surface area contributed by atoms with E-state index < -0.39 is 11.0 Å². The average molecular weight is 207 g/mol. The number of nitriles is 1. The molecule has 0 radical (unpaired) electrons. The molecule has 1 rings (SSSR count). The first-order chi connectivity index (χ1) is 7.06. The lowest BCUT2D eigenvalue weighted by atomic mass is 10.0. The van der Waals surface area contributed by atoms with Gasteiger partial charge in [0.2, 0.25) is 0 Å². The van der Waals surface area contributed by atoms with E-state index in [9.17, 15) is 15.2 Å². The van der Waals surface area contributed by atoms with E-state index in [0.29, 0.717) is 0 Å². The smallest absolute Gasteiger partial charge is 0.270 e. The summed E-state index contributed by atoms with van der Waals surface area (Å²) in [6.45, 7) is 0. The number of benzene rings is 1.